The predicted octanol–water partition coefficient (Wildman–Crippen LogP) is 8.80. The molecule has 2 nitrogen and oxygen atoms in total. The minimum absolute atomic E-state index is 0.609. The van der Waals surface area contributed by atoms with Crippen LogP contribution in [-0.2, 0) is 20.7 Å². The average molecular weight is 529 g/mol. The number of methoxy groups -OCH3 is 2. The van der Waals surface area contributed by atoms with Crippen molar-refractivity contribution in [1.29, 1.82) is 0 Å². The van der Waals surface area contributed by atoms with Gasteiger partial charge in [0.2, 0.25) is 0 Å². The predicted molar refractivity (Wildman–Crippen MR) is 157 cm³/mol. The lowest BCUT2D eigenvalue weighted by atomic mass is 9.89. The number of hydrogen-bond donors (Lipinski definition) is 0. The van der Waals surface area contributed by atoms with Crippen molar-refractivity contribution in [3.05, 3.63) is 141 Å². The first-order chi connectivity index (χ1) is 18.7. The molecule has 2 aliphatic carbocycles. The van der Waals surface area contributed by atoms with Gasteiger partial charge in [0.25, 0.3) is 0 Å². The normalized spacial score (nSPS) is 15.7. The van der Waals surface area contributed by atoms with Gasteiger partial charge in [-0.15, -0.1) is 22.7 Å². The highest BCUT2D eigenvalue weighted by Gasteiger charge is 2.48. The minimum Gasteiger partial charge on any atom is -0.363 e. The summed E-state index contributed by atoms with van der Waals surface area (Å²) >= 11 is 3.65. The third-order valence-electron chi connectivity index (χ3n) is 8.32. The molecule has 0 saturated carbocycles. The van der Waals surface area contributed by atoms with Crippen LogP contribution in [0.4, 0.5) is 0 Å². The Bertz CT molecular complexity index is 1620. The molecule has 4 heteroatoms. The fourth-order valence-corrected chi connectivity index (χ4v) is 9.54. The largest absolute Gasteiger partial charge is 0.363 e. The van der Waals surface area contributed by atoms with Crippen LogP contribution in [0.25, 0.3) is 31.7 Å². The lowest BCUT2D eigenvalue weighted by Gasteiger charge is -2.30. The van der Waals surface area contributed by atoms with E-state index in [1.807, 2.05) is 36.9 Å². The van der Waals surface area contributed by atoms with Crippen molar-refractivity contribution in [2.45, 2.75) is 11.2 Å². The molecule has 0 atom stereocenters. The molecule has 2 aromatic heterocycles. The summed E-state index contributed by atoms with van der Waals surface area (Å²) in [7, 11) is 3.68. The number of rotatable bonds is 4. The van der Waals surface area contributed by atoms with Crippen molar-refractivity contribution in [3.63, 3.8) is 0 Å². The van der Waals surface area contributed by atoms with E-state index in [0.29, 0.717) is 0 Å². The van der Waals surface area contributed by atoms with Crippen LogP contribution in [0.3, 0.4) is 0 Å². The van der Waals surface area contributed by atoms with Crippen molar-refractivity contribution in [2.24, 2.45) is 0 Å². The summed E-state index contributed by atoms with van der Waals surface area (Å²) in [5, 5.41) is 0. The molecular formula is C34H24O2S2. The molecule has 0 radical (unpaired) electrons. The van der Waals surface area contributed by atoms with Gasteiger partial charge in [-0.25, -0.2) is 0 Å². The van der Waals surface area contributed by atoms with E-state index in [4.69, 9.17) is 9.47 Å². The first kappa shape index (κ1) is 22.4. The minimum atomic E-state index is -0.609. The molecule has 184 valence electrons. The van der Waals surface area contributed by atoms with Crippen molar-refractivity contribution in [1.82, 2.24) is 0 Å². The maximum absolute atomic E-state index is 6.49. The monoisotopic (exact) mass is 528 g/mol. The second kappa shape index (κ2) is 7.98. The van der Waals surface area contributed by atoms with E-state index in [1.165, 1.54) is 63.7 Å². The van der Waals surface area contributed by atoms with Crippen molar-refractivity contribution in [3.8, 4) is 22.3 Å². The van der Waals surface area contributed by atoms with E-state index in [2.05, 4.69) is 109 Å². The molecule has 8 rings (SSSR count). The molecule has 38 heavy (non-hydrogen) atoms. The standard InChI is InChI=1S/C34H24O2S2/c1-35-33(25-15-7-3-11-21(25)22-12-4-8-16-26(22)33)31-19-29-30(37-31)20-32(38-29)34(36-2)27-17-9-5-13-23(27)24-14-6-10-18-28(24)34/h3-20H,1-2H3. The number of benzene rings is 4. The Kier molecular flexibility index (Phi) is 4.71. The van der Waals surface area contributed by atoms with Crippen molar-refractivity contribution in [2.75, 3.05) is 14.2 Å². The third kappa shape index (κ3) is 2.63. The summed E-state index contributed by atoms with van der Waals surface area (Å²) in [5.74, 6) is 0. The summed E-state index contributed by atoms with van der Waals surface area (Å²) < 4.78 is 15.5. The molecule has 0 spiro atoms. The Balaban J connectivity index is 1.33. The quantitative estimate of drug-likeness (QED) is 0.228. The van der Waals surface area contributed by atoms with E-state index in [-0.39, 0.29) is 0 Å². The molecule has 0 bridgehead atoms. The first-order valence-electron chi connectivity index (χ1n) is 12.8. The van der Waals surface area contributed by atoms with Gasteiger partial charge in [0, 0.05) is 55.6 Å². The highest BCUT2D eigenvalue weighted by Crippen LogP contribution is 2.58. The van der Waals surface area contributed by atoms with Crippen molar-refractivity contribution < 1.29 is 9.47 Å². The van der Waals surface area contributed by atoms with Crippen molar-refractivity contribution >= 4 is 32.1 Å². The Morgan fingerprint density at radius 2 is 0.737 bits per heavy atom. The topological polar surface area (TPSA) is 18.5 Å². The van der Waals surface area contributed by atoms with E-state index < -0.39 is 11.2 Å². The first-order valence-corrected chi connectivity index (χ1v) is 14.4. The average Bonchev–Trinajstić information content (AvgIpc) is 3.70. The molecule has 4 aromatic carbocycles. The number of ether oxygens (including phenoxy) is 2. The zero-order valence-corrected chi connectivity index (χ0v) is 22.7. The molecule has 0 fully saturated rings. The summed E-state index contributed by atoms with van der Waals surface area (Å²) in [6.45, 7) is 0. The zero-order valence-electron chi connectivity index (χ0n) is 21.0. The van der Waals surface area contributed by atoms with Gasteiger partial charge in [0.05, 0.1) is 0 Å². The van der Waals surface area contributed by atoms with Crippen LogP contribution < -0.4 is 0 Å². The van der Waals surface area contributed by atoms with Gasteiger partial charge in [-0.1, -0.05) is 97.1 Å². The molecule has 6 aromatic rings. The van der Waals surface area contributed by atoms with Gasteiger partial charge < -0.3 is 9.47 Å². The molecule has 0 unspecified atom stereocenters. The smallest absolute Gasteiger partial charge is 0.153 e. The van der Waals surface area contributed by atoms with Crippen LogP contribution in [-0.4, -0.2) is 14.2 Å². The number of fused-ring (bicyclic) bond motifs is 7. The fourth-order valence-electron chi connectivity index (χ4n) is 6.74. The second-order valence-electron chi connectivity index (χ2n) is 9.90. The maximum Gasteiger partial charge on any atom is 0.153 e. The Morgan fingerprint density at radius 3 is 1.03 bits per heavy atom. The maximum atomic E-state index is 6.49. The van der Waals surface area contributed by atoms with Crippen LogP contribution in [0.5, 0.6) is 0 Å². The van der Waals surface area contributed by atoms with Gasteiger partial charge >= 0.3 is 0 Å². The Labute approximate surface area is 229 Å². The second-order valence-corrected chi connectivity index (χ2v) is 12.1. The van der Waals surface area contributed by atoms with Gasteiger partial charge in [0.1, 0.15) is 0 Å². The Morgan fingerprint density at radius 1 is 0.447 bits per heavy atom. The molecular weight excluding hydrogens is 505 g/mol. The van der Waals surface area contributed by atoms with Crippen LogP contribution in [0.15, 0.2) is 109 Å². The highest BCUT2D eigenvalue weighted by molar-refractivity contribution is 7.28. The highest BCUT2D eigenvalue weighted by atomic mass is 32.1. The van der Waals surface area contributed by atoms with Crippen LogP contribution >= 0.6 is 22.7 Å². The van der Waals surface area contributed by atoms with E-state index in [1.54, 1.807) is 0 Å². The van der Waals surface area contributed by atoms with Gasteiger partial charge in [-0.3, -0.25) is 0 Å². The molecule has 2 heterocycles. The fraction of sp³-hybridized carbons (Fsp3) is 0.118. The zero-order chi connectivity index (χ0) is 25.5. The third-order valence-corrected chi connectivity index (χ3v) is 10.8. The SMILES string of the molecule is COC1(c2cc3sc(C4(OC)c5ccccc5-c5ccccc54)cc3s2)c2ccccc2-c2ccccc21. The van der Waals surface area contributed by atoms with Crippen LogP contribution in [0.2, 0.25) is 0 Å². The molecule has 0 amide bonds. The van der Waals surface area contributed by atoms with Gasteiger partial charge in [-0.05, 0) is 34.4 Å². The van der Waals surface area contributed by atoms with Gasteiger partial charge in [0.15, 0.2) is 11.2 Å². The molecule has 0 saturated heterocycles. The summed E-state index contributed by atoms with van der Waals surface area (Å²) in [6.07, 6.45) is 0. The number of hydrogen-bond acceptors (Lipinski definition) is 4. The van der Waals surface area contributed by atoms with E-state index in [9.17, 15) is 0 Å². The summed E-state index contributed by atoms with van der Waals surface area (Å²) in [5.41, 5.74) is 8.63. The summed E-state index contributed by atoms with van der Waals surface area (Å²) in [4.78, 5) is 2.42. The molecule has 0 N–H and O–H groups in total. The van der Waals surface area contributed by atoms with E-state index >= 15 is 0 Å². The number of thiophene rings is 2. The van der Waals surface area contributed by atoms with Crippen LogP contribution in [0, 0.1) is 0 Å². The lowest BCUT2D eigenvalue weighted by Crippen LogP contribution is -2.28. The van der Waals surface area contributed by atoms with E-state index in [0.717, 1.165) is 0 Å². The molecule has 0 aliphatic heterocycles. The Hall–Kier alpha value is -3.54. The van der Waals surface area contributed by atoms with Gasteiger partial charge in [-0.2, -0.15) is 0 Å². The molecule has 2 aliphatic rings. The van der Waals surface area contributed by atoms with Crippen LogP contribution in [0.1, 0.15) is 32.0 Å². The summed E-state index contributed by atoms with van der Waals surface area (Å²) in [6, 6.07) is 39.3. The lowest BCUT2D eigenvalue weighted by molar-refractivity contribution is 0.0655.